The molecule has 32 heavy (non-hydrogen) atoms. The van der Waals surface area contributed by atoms with Crippen molar-refractivity contribution < 1.29 is 0 Å². The maximum Gasteiger partial charge on any atom is 0.0659 e. The molecule has 3 aliphatic rings. The minimum atomic E-state index is 0.836. The van der Waals surface area contributed by atoms with Crippen LogP contribution in [0.5, 0.6) is 0 Å². The van der Waals surface area contributed by atoms with Crippen molar-refractivity contribution in [1.29, 1.82) is 0 Å². The number of allylic oxidation sites excluding steroid dienone is 2. The molecule has 0 radical (unpaired) electrons. The fourth-order valence-electron chi connectivity index (χ4n) is 3.50. The number of fused-ring (bicyclic) bond motifs is 8. The van der Waals surface area contributed by atoms with Crippen molar-refractivity contribution in [3.8, 4) is 0 Å². The minimum Gasteiger partial charge on any atom is -0.377 e. The van der Waals surface area contributed by atoms with Crippen LogP contribution in [0, 0.1) is 0 Å². The molecule has 8 bridgehead atoms. The third kappa shape index (κ3) is 4.90. The predicted octanol–water partition coefficient (Wildman–Crippen LogP) is 6.22. The lowest BCUT2D eigenvalue weighted by atomic mass is 10.3. The van der Waals surface area contributed by atoms with Gasteiger partial charge in [-0.15, -0.1) is 0 Å². The van der Waals surface area contributed by atoms with Gasteiger partial charge in [-0.05, 0) is 85.0 Å². The summed E-state index contributed by atoms with van der Waals surface area (Å²) in [4.78, 5) is 18.1. The van der Waals surface area contributed by atoms with Gasteiger partial charge in [0.2, 0.25) is 0 Å². The highest BCUT2D eigenvalue weighted by atomic mass is 35.5. The van der Waals surface area contributed by atoms with E-state index in [1.54, 1.807) is 0 Å². The van der Waals surface area contributed by atoms with Crippen LogP contribution >= 0.6 is 11.6 Å². The van der Waals surface area contributed by atoms with E-state index in [2.05, 4.69) is 55.2 Å². The fraction of sp³-hybridized carbons (Fsp3) is 0.0769. The average Bonchev–Trinajstić information content (AvgIpc) is 3.57. The highest BCUT2D eigenvalue weighted by Gasteiger charge is 2.02. The van der Waals surface area contributed by atoms with Crippen LogP contribution in [0.1, 0.15) is 22.8 Å². The van der Waals surface area contributed by atoms with E-state index in [-0.39, 0.29) is 0 Å². The number of aromatic nitrogens is 4. The maximum absolute atomic E-state index is 5.63. The first-order chi connectivity index (χ1) is 15.6. The second-order valence-electron chi connectivity index (χ2n) is 7.75. The van der Waals surface area contributed by atoms with Gasteiger partial charge >= 0.3 is 0 Å². The van der Waals surface area contributed by atoms with Crippen molar-refractivity contribution in [2.24, 2.45) is 0 Å². The van der Waals surface area contributed by atoms with Crippen molar-refractivity contribution in [3.63, 3.8) is 0 Å². The predicted molar refractivity (Wildman–Crippen MR) is 135 cm³/mol. The monoisotopic (exact) mass is 439 g/mol. The summed E-state index contributed by atoms with van der Waals surface area (Å²) >= 11 is 5.63. The summed E-state index contributed by atoms with van der Waals surface area (Å²) in [6.45, 7) is 0.926. The first-order valence-electron chi connectivity index (χ1n) is 10.4. The molecule has 158 valence electrons. The summed E-state index contributed by atoms with van der Waals surface area (Å²) < 4.78 is 0. The van der Waals surface area contributed by atoms with Gasteiger partial charge in [0.1, 0.15) is 0 Å². The van der Waals surface area contributed by atoms with Crippen LogP contribution in [0.15, 0.2) is 71.9 Å². The molecular weight excluding hydrogens is 418 g/mol. The summed E-state index contributed by atoms with van der Waals surface area (Å²) in [6, 6.07) is 16.4. The number of halogens is 1. The molecule has 5 nitrogen and oxygen atoms in total. The van der Waals surface area contributed by atoms with Gasteiger partial charge < -0.3 is 14.9 Å². The molecule has 3 aromatic heterocycles. The van der Waals surface area contributed by atoms with Crippen molar-refractivity contribution in [2.45, 2.75) is 0 Å². The molecule has 0 atom stereocenters. The average molecular weight is 440 g/mol. The summed E-state index contributed by atoms with van der Waals surface area (Å²) in [5, 5.41) is 0.836. The Morgan fingerprint density at radius 2 is 1.16 bits per heavy atom. The Hall–Kier alpha value is -3.83. The largest absolute Gasteiger partial charge is 0.377 e. The molecule has 0 saturated heterocycles. The molecule has 0 saturated carbocycles. The lowest BCUT2D eigenvalue weighted by molar-refractivity contribution is 0.504. The fourth-order valence-corrected chi connectivity index (χ4v) is 3.63. The summed E-state index contributed by atoms with van der Waals surface area (Å²) in [5.41, 5.74) is 7.86. The van der Waals surface area contributed by atoms with Crippen LogP contribution < -0.4 is 0 Å². The van der Waals surface area contributed by atoms with Gasteiger partial charge in [-0.25, -0.2) is 9.97 Å². The second kappa shape index (κ2) is 8.73. The van der Waals surface area contributed by atoms with E-state index in [9.17, 15) is 0 Å². The van der Waals surface area contributed by atoms with Gasteiger partial charge in [-0.3, -0.25) is 0 Å². The van der Waals surface area contributed by atoms with Crippen LogP contribution in [-0.2, 0) is 0 Å². The van der Waals surface area contributed by atoms with Gasteiger partial charge in [-0.1, -0.05) is 11.6 Å². The molecule has 0 spiro atoms. The van der Waals surface area contributed by atoms with Crippen molar-refractivity contribution in [2.75, 3.05) is 13.6 Å². The maximum atomic E-state index is 5.63. The van der Waals surface area contributed by atoms with E-state index in [0.717, 1.165) is 56.4 Å². The normalized spacial score (nSPS) is 14.2. The molecule has 0 aromatic carbocycles. The first-order valence-corrected chi connectivity index (χ1v) is 10.8. The van der Waals surface area contributed by atoms with Gasteiger partial charge in [0.05, 0.1) is 22.8 Å². The van der Waals surface area contributed by atoms with Crippen LogP contribution in [-0.4, -0.2) is 38.4 Å². The number of nitrogens with zero attached hydrogens (tertiary/aromatic N) is 3. The van der Waals surface area contributed by atoms with Crippen molar-refractivity contribution >= 4 is 58.0 Å². The molecule has 6 heterocycles. The molecule has 0 amide bonds. The Morgan fingerprint density at radius 1 is 0.688 bits per heavy atom. The van der Waals surface area contributed by atoms with Gasteiger partial charge in [0.15, 0.2) is 0 Å². The lowest BCUT2D eigenvalue weighted by Crippen LogP contribution is -2.12. The second-order valence-corrected chi connectivity index (χ2v) is 8.19. The number of hydrogen-bond donors (Lipinski definition) is 2. The first kappa shape index (κ1) is 20.1. The van der Waals surface area contributed by atoms with Gasteiger partial charge in [0, 0.05) is 46.9 Å². The van der Waals surface area contributed by atoms with Crippen LogP contribution in [0.2, 0.25) is 0 Å². The standard InChI is InChI=1S/C20H14N4.C6H8ClN/c1-2-14-10-16-5-6-18(23-16)12-20-8-7-19(24-20)11-17-4-3-15(22-17)9-13(1)21-14;1-8-4-2-6(7)3-5-8/h1-12,21-22H;2-4H,5H2,1H3. The van der Waals surface area contributed by atoms with Gasteiger partial charge in [-0.2, -0.15) is 0 Å². The zero-order valence-corrected chi connectivity index (χ0v) is 18.3. The third-order valence-electron chi connectivity index (χ3n) is 5.10. The highest BCUT2D eigenvalue weighted by Crippen LogP contribution is 2.17. The SMILES string of the molecule is C1=Cc2cc3ccc(cc4ccc(cc5nc(cc1n2)C=C5)[nH]4)[nH]3.CN1C=CC(Cl)=CC1. The molecule has 3 aromatic rings. The lowest BCUT2D eigenvalue weighted by Gasteiger charge is -2.13. The molecule has 0 unspecified atom stereocenters. The zero-order valence-electron chi connectivity index (χ0n) is 17.6. The molecule has 0 fully saturated rings. The van der Waals surface area contributed by atoms with Crippen LogP contribution in [0.25, 0.3) is 46.4 Å². The topological polar surface area (TPSA) is 60.6 Å². The Morgan fingerprint density at radius 3 is 1.59 bits per heavy atom. The molecule has 3 aliphatic heterocycles. The van der Waals surface area contributed by atoms with Gasteiger partial charge in [0.25, 0.3) is 0 Å². The van der Waals surface area contributed by atoms with Crippen molar-refractivity contribution in [3.05, 3.63) is 94.7 Å². The Kier molecular flexibility index (Phi) is 5.48. The number of likely N-dealkylation sites (N-methyl/N-ethyl adjacent to an activating group) is 1. The summed E-state index contributed by atoms with van der Waals surface area (Å²) in [6.07, 6.45) is 13.9. The van der Waals surface area contributed by atoms with Crippen LogP contribution in [0.4, 0.5) is 0 Å². The number of H-pyrrole nitrogens is 2. The van der Waals surface area contributed by atoms with E-state index in [1.807, 2.05) is 67.9 Å². The third-order valence-corrected chi connectivity index (χ3v) is 5.38. The summed E-state index contributed by atoms with van der Waals surface area (Å²) in [5.74, 6) is 0. The summed E-state index contributed by atoms with van der Waals surface area (Å²) in [7, 11) is 2.01. The zero-order chi connectivity index (χ0) is 21.9. The molecule has 0 aliphatic carbocycles. The van der Waals surface area contributed by atoms with E-state index in [0.29, 0.717) is 0 Å². The Balaban J connectivity index is 0.000000230. The van der Waals surface area contributed by atoms with Crippen LogP contribution in [0.3, 0.4) is 0 Å². The number of rotatable bonds is 0. The quantitative estimate of drug-likeness (QED) is 0.301. The Labute approximate surface area is 191 Å². The van der Waals surface area contributed by atoms with E-state index < -0.39 is 0 Å². The number of aromatic amines is 2. The molecule has 6 heteroatoms. The smallest absolute Gasteiger partial charge is 0.0659 e. The molecule has 6 rings (SSSR count). The van der Waals surface area contributed by atoms with E-state index >= 15 is 0 Å². The van der Waals surface area contributed by atoms with E-state index in [1.165, 1.54) is 0 Å². The minimum absolute atomic E-state index is 0.836. The highest BCUT2D eigenvalue weighted by molar-refractivity contribution is 6.31. The Bertz CT molecular complexity index is 1350. The van der Waals surface area contributed by atoms with E-state index in [4.69, 9.17) is 11.6 Å². The number of nitrogens with one attached hydrogen (secondary N) is 2. The van der Waals surface area contributed by atoms with Crippen molar-refractivity contribution in [1.82, 2.24) is 24.8 Å². The molecular formula is C26H22ClN5. The number of hydrogen-bond acceptors (Lipinski definition) is 3. The molecule has 2 N–H and O–H groups in total.